The van der Waals surface area contributed by atoms with Gasteiger partial charge in [0.15, 0.2) is 0 Å². The first-order valence-electron chi connectivity index (χ1n) is 12.0. The number of nitrogens with one attached hydrogen (secondary N) is 2. The Kier molecular flexibility index (Phi) is 3.67. The van der Waals surface area contributed by atoms with Crippen LogP contribution in [0.25, 0.3) is 0 Å². The van der Waals surface area contributed by atoms with Crippen LogP contribution in [0.4, 0.5) is 0 Å². The molecule has 1 atom stereocenters. The van der Waals surface area contributed by atoms with Gasteiger partial charge in [-0.25, -0.2) is 4.98 Å². The smallest absolute Gasteiger partial charge is 0.272 e. The van der Waals surface area contributed by atoms with E-state index in [-0.39, 0.29) is 12.1 Å². The van der Waals surface area contributed by atoms with Gasteiger partial charge >= 0.3 is 0 Å². The quantitative estimate of drug-likeness (QED) is 0.776. The molecule has 0 saturated carbocycles. The van der Waals surface area contributed by atoms with Crippen molar-refractivity contribution in [2.45, 2.75) is 32.5 Å². The lowest BCUT2D eigenvalue weighted by Crippen LogP contribution is -2.49. The third-order valence-electron chi connectivity index (χ3n) is 3.18. The molecule has 0 radical (unpaired) electrons. The highest BCUT2D eigenvalue weighted by Crippen LogP contribution is 2.05. The summed E-state index contributed by atoms with van der Waals surface area (Å²) in [7, 11) is 0. The van der Waals surface area contributed by atoms with Gasteiger partial charge in [-0.3, -0.25) is 24.7 Å². The lowest BCUT2D eigenvalue weighted by atomic mass is 10.0. The molecule has 0 spiro atoms. The Morgan fingerprint density at radius 1 is 1.23 bits per heavy atom. The van der Waals surface area contributed by atoms with Crippen molar-refractivity contribution in [3.8, 4) is 0 Å². The maximum absolute atomic E-state index is 12.9. The molecule has 2 rings (SSSR count). The molecule has 0 aliphatic heterocycles. The molecule has 1 heterocycles. The van der Waals surface area contributed by atoms with E-state index in [0.717, 1.165) is 6.20 Å². The van der Waals surface area contributed by atoms with E-state index in [1.54, 1.807) is 35.6 Å². The van der Waals surface area contributed by atoms with Gasteiger partial charge in [-0.1, -0.05) is 44.0 Å². The molecular formula is C19H22N4O3. The van der Waals surface area contributed by atoms with Crippen molar-refractivity contribution in [3.05, 3.63) is 60.2 Å². The number of amides is 3. The van der Waals surface area contributed by atoms with Gasteiger partial charge in [0.25, 0.3) is 5.91 Å². The summed E-state index contributed by atoms with van der Waals surface area (Å²) in [4.78, 5) is 45.6. The van der Waals surface area contributed by atoms with Crippen LogP contribution < -0.4 is 10.6 Å². The van der Waals surface area contributed by atoms with E-state index in [1.165, 1.54) is 12.4 Å². The van der Waals surface area contributed by atoms with Crippen molar-refractivity contribution in [1.29, 1.82) is 0 Å². The highest BCUT2D eigenvalue weighted by molar-refractivity contribution is 6.01. The van der Waals surface area contributed by atoms with Gasteiger partial charge in [-0.2, -0.15) is 0 Å². The minimum Gasteiger partial charge on any atom is -0.338 e. The van der Waals surface area contributed by atoms with Crippen molar-refractivity contribution >= 4 is 17.7 Å². The van der Waals surface area contributed by atoms with Crippen LogP contribution in [-0.4, -0.2) is 33.7 Å². The van der Waals surface area contributed by atoms with Crippen LogP contribution in [0.3, 0.4) is 0 Å². The van der Waals surface area contributed by atoms with Crippen molar-refractivity contribution in [1.82, 2.24) is 20.6 Å². The minimum atomic E-state index is -3.89. The standard InChI is InChI=1S/C19H22N4O3/c1-13(2)10-17(24)23-18(25)15(11-14-6-4-3-5-7-14)22-19(26)16-12-20-8-9-21-16/h3-9,12-13,15H,10-11H2,1-2H3,(H,22,26)(H,23,24,25)/t15-/m0/s1/i1D3,2D3,10D2,13D. The number of carbonyl (C=O) groups is 3. The maximum Gasteiger partial charge on any atom is 0.272 e. The fourth-order valence-electron chi connectivity index (χ4n) is 2.05. The first kappa shape index (κ1) is 10.2. The SMILES string of the molecule is [2H]C([2H])([2H])C([2H])(C([2H])([2H])[2H])C([2H])([2H])C(=O)NC(=O)[C@H](Cc1ccccc1)NC(=O)c1cnccn1. The summed E-state index contributed by atoms with van der Waals surface area (Å²) in [6.45, 7) is -7.52. The molecule has 26 heavy (non-hydrogen) atoms. The zero-order chi connectivity index (χ0) is 26.7. The second-order valence-electron chi connectivity index (χ2n) is 5.12. The van der Waals surface area contributed by atoms with Gasteiger partial charge in [-0.05, 0) is 11.5 Å². The molecular weight excluding hydrogens is 332 g/mol. The fourth-order valence-corrected chi connectivity index (χ4v) is 2.05. The van der Waals surface area contributed by atoms with Gasteiger partial charge in [0, 0.05) is 37.5 Å². The molecule has 1 aromatic heterocycles. The molecule has 0 aliphatic carbocycles. The molecule has 136 valence electrons. The van der Waals surface area contributed by atoms with E-state index in [1.807, 2.05) is 0 Å². The topological polar surface area (TPSA) is 101 Å². The molecule has 1 aromatic carbocycles. The molecule has 3 amide bonds. The Bertz CT molecular complexity index is 1050. The van der Waals surface area contributed by atoms with Crippen LogP contribution in [0.15, 0.2) is 48.9 Å². The Balaban J connectivity index is 2.35. The summed E-state index contributed by atoms with van der Waals surface area (Å²) >= 11 is 0. The summed E-state index contributed by atoms with van der Waals surface area (Å²) < 4.78 is 68.2. The van der Waals surface area contributed by atoms with Gasteiger partial charge in [0.2, 0.25) is 11.8 Å². The second-order valence-corrected chi connectivity index (χ2v) is 5.12. The van der Waals surface area contributed by atoms with Crippen molar-refractivity contribution in [2.75, 3.05) is 0 Å². The number of carbonyl (C=O) groups excluding carboxylic acids is 3. The number of hydrogen-bond donors (Lipinski definition) is 2. The molecule has 0 bridgehead atoms. The normalized spacial score (nSPS) is 18.7. The van der Waals surface area contributed by atoms with Crippen molar-refractivity contribution in [3.63, 3.8) is 0 Å². The van der Waals surface area contributed by atoms with Crippen LogP contribution in [0, 0.1) is 5.89 Å². The predicted octanol–water partition coefficient (Wildman–Crippen LogP) is 1.51. The zero-order valence-electron chi connectivity index (χ0n) is 22.5. The molecule has 2 aromatic rings. The number of aromatic nitrogens is 2. The Morgan fingerprint density at radius 2 is 2.00 bits per heavy atom. The first-order valence-corrected chi connectivity index (χ1v) is 7.48. The zero-order valence-corrected chi connectivity index (χ0v) is 13.5. The van der Waals surface area contributed by atoms with Crippen molar-refractivity contribution in [2.24, 2.45) is 5.89 Å². The van der Waals surface area contributed by atoms with E-state index in [4.69, 9.17) is 12.3 Å². The number of hydrogen-bond acceptors (Lipinski definition) is 5. The average molecular weight is 363 g/mol. The first-order chi connectivity index (χ1) is 16.0. The third kappa shape index (κ3) is 6.08. The highest BCUT2D eigenvalue weighted by atomic mass is 16.2. The maximum atomic E-state index is 12.9. The molecule has 7 nitrogen and oxygen atoms in total. The number of benzene rings is 1. The molecule has 0 saturated heterocycles. The van der Waals surface area contributed by atoms with Crippen LogP contribution in [0.2, 0.25) is 0 Å². The van der Waals surface area contributed by atoms with Crippen LogP contribution in [-0.2, 0) is 16.0 Å². The molecule has 0 aliphatic rings. The highest BCUT2D eigenvalue weighted by Gasteiger charge is 2.24. The Labute approximate surface area is 164 Å². The van der Waals surface area contributed by atoms with Gasteiger partial charge in [0.05, 0.1) is 6.20 Å². The minimum absolute atomic E-state index is 0.157. The monoisotopic (exact) mass is 363 g/mol. The Hall–Kier alpha value is -3.09. The number of imide groups is 1. The second kappa shape index (κ2) is 9.41. The van der Waals surface area contributed by atoms with E-state index in [0.29, 0.717) is 5.56 Å². The van der Waals surface area contributed by atoms with E-state index in [9.17, 15) is 14.4 Å². The summed E-state index contributed by atoms with van der Waals surface area (Å²) in [6, 6.07) is 6.76. The summed E-state index contributed by atoms with van der Waals surface area (Å²) in [5.74, 6) is -7.94. The summed E-state index contributed by atoms with van der Waals surface area (Å²) in [5.41, 5.74) is 0.386. The van der Waals surface area contributed by atoms with E-state index >= 15 is 0 Å². The lowest BCUT2D eigenvalue weighted by Gasteiger charge is -2.18. The van der Waals surface area contributed by atoms with Gasteiger partial charge in [-0.15, -0.1) is 0 Å². The molecule has 0 unspecified atom stereocenters. The molecule has 7 heteroatoms. The van der Waals surface area contributed by atoms with Crippen LogP contribution >= 0.6 is 0 Å². The third-order valence-corrected chi connectivity index (χ3v) is 3.18. The van der Waals surface area contributed by atoms with Gasteiger partial charge < -0.3 is 5.32 Å². The van der Waals surface area contributed by atoms with E-state index in [2.05, 4.69) is 15.3 Å². The summed E-state index contributed by atoms with van der Waals surface area (Å²) in [6.07, 6.45) is -0.353. The lowest BCUT2D eigenvalue weighted by molar-refractivity contribution is -0.131. The molecule has 0 fully saturated rings. The van der Waals surface area contributed by atoms with Gasteiger partial charge in [0.1, 0.15) is 11.7 Å². The molecule has 2 N–H and O–H groups in total. The average Bonchev–Trinajstić information content (AvgIpc) is 2.77. The predicted molar refractivity (Wildman–Crippen MR) is 96.0 cm³/mol. The fraction of sp³-hybridized carbons (Fsp3) is 0.316. The summed E-state index contributed by atoms with van der Waals surface area (Å²) in [5, 5.41) is 3.96. The van der Waals surface area contributed by atoms with E-state index < -0.39 is 49.7 Å². The number of rotatable bonds is 7. The van der Waals surface area contributed by atoms with Crippen LogP contribution in [0.5, 0.6) is 0 Å². The largest absolute Gasteiger partial charge is 0.338 e. The van der Waals surface area contributed by atoms with Crippen molar-refractivity contribution < 1.29 is 26.7 Å². The number of nitrogens with zero attached hydrogens (tertiary/aromatic N) is 2. The Morgan fingerprint density at radius 3 is 2.65 bits per heavy atom. The van der Waals surface area contributed by atoms with Crippen LogP contribution in [0.1, 0.15) is 48.5 Å².